The van der Waals surface area contributed by atoms with Crippen molar-refractivity contribution >= 4 is 72.0 Å². The van der Waals surface area contributed by atoms with Crippen LogP contribution in [0.5, 0.6) is 0 Å². The number of thiophene rings is 2. The third-order valence-corrected chi connectivity index (χ3v) is 8.70. The minimum atomic E-state index is -2.50. The van der Waals surface area contributed by atoms with E-state index in [-0.39, 0.29) is 53.9 Å². The molecule has 11 heteroatoms. The van der Waals surface area contributed by atoms with Crippen LogP contribution in [0, 0.1) is 0 Å². The van der Waals surface area contributed by atoms with E-state index in [4.69, 9.17) is 27.9 Å². The first-order valence-corrected chi connectivity index (χ1v) is 13.0. The summed E-state index contributed by atoms with van der Waals surface area (Å²) < 4.78 is 7.76. The Hall–Kier alpha value is -1.17. The van der Waals surface area contributed by atoms with Gasteiger partial charge in [-0.1, -0.05) is 35.3 Å². The molecule has 0 saturated heterocycles. The summed E-state index contributed by atoms with van der Waals surface area (Å²) in [5, 5.41) is 47.3. The minimum Gasteiger partial charge on any atom is -0.547 e. The maximum atomic E-state index is 12.0. The van der Waals surface area contributed by atoms with Gasteiger partial charge in [-0.15, -0.1) is 22.7 Å². The van der Waals surface area contributed by atoms with Gasteiger partial charge in [0.25, 0.3) is 0 Å². The predicted octanol–water partition coefficient (Wildman–Crippen LogP) is 1.05. The first-order chi connectivity index (χ1) is 16.6. The van der Waals surface area contributed by atoms with Crippen molar-refractivity contribution in [2.24, 2.45) is 0 Å². The zero-order valence-electron chi connectivity index (χ0n) is 19.0. The number of aliphatic hydroxyl groups is 3. The Morgan fingerprint density at radius 1 is 1.00 bits per heavy atom. The molecule has 3 atom stereocenters. The number of carboxylic acid groups (broad SMARTS) is 1. The largest absolute Gasteiger partial charge is 1.00 e. The van der Waals surface area contributed by atoms with Gasteiger partial charge in [-0.25, -0.2) is 0 Å². The average molecular weight is 573 g/mol. The molecule has 2 heterocycles. The van der Waals surface area contributed by atoms with Gasteiger partial charge in [0.05, 0.1) is 12.1 Å². The molecule has 0 amide bonds. The molecule has 2 aromatic carbocycles. The Labute approximate surface area is 246 Å². The molecule has 1 aliphatic carbocycles. The Bertz CT molecular complexity index is 1480. The molecule has 0 unspecified atom stereocenters. The molecule has 0 aliphatic heterocycles. The van der Waals surface area contributed by atoms with Crippen LogP contribution in [0.4, 0.5) is 0 Å². The Kier molecular flexibility index (Phi) is 8.44. The summed E-state index contributed by atoms with van der Waals surface area (Å²) >= 11 is 15.0. The number of halogens is 2. The Morgan fingerprint density at radius 2 is 1.56 bits per heavy atom. The zero-order chi connectivity index (χ0) is 24.9. The van der Waals surface area contributed by atoms with Gasteiger partial charge in [0, 0.05) is 47.6 Å². The van der Waals surface area contributed by atoms with Crippen molar-refractivity contribution in [2.45, 2.75) is 37.3 Å². The molecule has 5 rings (SSSR count). The van der Waals surface area contributed by atoms with Crippen LogP contribution in [0.1, 0.15) is 16.2 Å². The van der Waals surface area contributed by atoms with Crippen molar-refractivity contribution in [3.63, 3.8) is 0 Å². The summed E-state index contributed by atoms with van der Waals surface area (Å²) in [7, 11) is 0. The molecule has 6 nitrogen and oxygen atoms in total. The van der Waals surface area contributed by atoms with Crippen LogP contribution in [-0.2, 0) is 22.6 Å². The van der Waals surface area contributed by atoms with Crippen molar-refractivity contribution < 1.29 is 59.5 Å². The summed E-state index contributed by atoms with van der Waals surface area (Å²) in [6, 6.07) is 14.7. The van der Waals surface area contributed by atoms with Crippen LogP contribution < -0.4 is 34.7 Å². The molecule has 0 fully saturated rings. The van der Waals surface area contributed by atoms with E-state index in [0.29, 0.717) is 10.0 Å². The van der Waals surface area contributed by atoms with Crippen molar-refractivity contribution in [1.29, 1.82) is 0 Å². The Morgan fingerprint density at radius 3 is 2.14 bits per heavy atom. The summed E-state index contributed by atoms with van der Waals surface area (Å²) in [5.41, 5.74) is -2.55. The third kappa shape index (κ3) is 5.35. The third-order valence-electron chi connectivity index (χ3n) is 6.06. The van der Waals surface area contributed by atoms with Crippen molar-refractivity contribution in [3.05, 3.63) is 79.7 Å². The molecule has 3 N–H and O–H groups in total. The summed E-state index contributed by atoms with van der Waals surface area (Å²) in [4.78, 5) is 13.6. The van der Waals surface area contributed by atoms with Crippen molar-refractivity contribution in [3.8, 4) is 0 Å². The van der Waals surface area contributed by atoms with Crippen LogP contribution in [0.3, 0.4) is 0 Å². The number of ether oxygens (including phenoxy) is 1. The summed E-state index contributed by atoms with van der Waals surface area (Å²) in [5.74, 6) is -1.93. The van der Waals surface area contributed by atoms with E-state index in [2.05, 4.69) is 0 Å². The minimum absolute atomic E-state index is 0. The fourth-order valence-corrected chi connectivity index (χ4v) is 6.91. The number of carbonyl (C=O) groups is 1. The predicted molar refractivity (Wildman–Crippen MR) is 136 cm³/mol. The molecule has 0 radical (unpaired) electrons. The molecule has 1 aliphatic rings. The summed E-state index contributed by atoms with van der Waals surface area (Å²) in [6.45, 7) is 0.00469. The number of rotatable bonds is 6. The second kappa shape index (κ2) is 10.9. The second-order valence-corrected chi connectivity index (χ2v) is 11.7. The molecule has 4 aromatic rings. The molecule has 36 heavy (non-hydrogen) atoms. The number of hydrogen-bond acceptors (Lipinski definition) is 8. The maximum absolute atomic E-state index is 12.0. The van der Waals surface area contributed by atoms with E-state index < -0.39 is 30.2 Å². The van der Waals surface area contributed by atoms with E-state index in [9.17, 15) is 25.2 Å². The van der Waals surface area contributed by atoms with E-state index in [1.165, 1.54) is 22.7 Å². The van der Waals surface area contributed by atoms with E-state index in [0.717, 1.165) is 29.9 Å². The van der Waals surface area contributed by atoms with Gasteiger partial charge in [-0.05, 0) is 47.2 Å². The molecular formula is C25H19Cl2NaO6S2. The van der Waals surface area contributed by atoms with E-state index in [1.54, 1.807) is 18.2 Å². The fraction of sp³-hybridized carbons (Fsp3) is 0.240. The van der Waals surface area contributed by atoms with Crippen LogP contribution in [0.25, 0.3) is 20.2 Å². The van der Waals surface area contributed by atoms with Crippen LogP contribution in [0.15, 0.2) is 59.9 Å². The monoisotopic (exact) mass is 572 g/mol. The van der Waals surface area contributed by atoms with Gasteiger partial charge in [0.15, 0.2) is 0 Å². The molecule has 0 saturated carbocycles. The number of benzene rings is 2. The van der Waals surface area contributed by atoms with Crippen LogP contribution in [-0.4, -0.2) is 39.1 Å². The smallest absolute Gasteiger partial charge is 0.547 e. The number of aliphatic hydroxyl groups excluding tert-OH is 2. The average Bonchev–Trinajstić information content (AvgIpc) is 3.39. The number of carboxylic acids is 1. The van der Waals surface area contributed by atoms with Gasteiger partial charge in [-0.2, -0.15) is 0 Å². The fourth-order valence-electron chi connectivity index (χ4n) is 4.31. The standard InChI is InChI=1S/C25H20Cl2O6S2.Na/c26-14-3-1-12-5-16(34-20(12)7-14)9-18-23(22(29)19(28)10-25(18,32)24(30)31)33-11-17-6-13-2-4-15(27)8-21(13)35-17;/h1-8,19,22,28-29,32H,9-11H2,(H,30,31);/q;+1/p-1/t19-,22+,25-;/m1./s1. The number of fused-ring (bicyclic) bond motifs is 2. The van der Waals surface area contributed by atoms with E-state index in [1.807, 2.05) is 30.3 Å². The van der Waals surface area contributed by atoms with Gasteiger partial charge >= 0.3 is 29.6 Å². The number of carbonyl (C=O) groups excluding carboxylic acids is 1. The van der Waals surface area contributed by atoms with Gasteiger partial charge < -0.3 is 30.0 Å². The maximum Gasteiger partial charge on any atom is 1.00 e. The molecule has 0 spiro atoms. The zero-order valence-corrected chi connectivity index (χ0v) is 24.2. The van der Waals surface area contributed by atoms with Crippen LogP contribution in [0.2, 0.25) is 10.0 Å². The van der Waals surface area contributed by atoms with Gasteiger partial charge in [0.1, 0.15) is 24.1 Å². The first-order valence-electron chi connectivity index (χ1n) is 10.7. The van der Waals surface area contributed by atoms with Crippen molar-refractivity contribution in [2.75, 3.05) is 0 Å². The van der Waals surface area contributed by atoms with Crippen LogP contribution >= 0.6 is 45.9 Å². The molecule has 182 valence electrons. The van der Waals surface area contributed by atoms with Crippen molar-refractivity contribution in [1.82, 2.24) is 0 Å². The SMILES string of the molecule is O=C([O-])[C@@]1(O)C[C@@H](O)[C@H](O)C(OCc2cc3ccc(Cl)cc3s2)=C1Cc1cc2ccc(Cl)cc2s1.[Na+]. The Balaban J connectivity index is 0.00000304. The van der Waals surface area contributed by atoms with Gasteiger partial charge in [0.2, 0.25) is 0 Å². The normalized spacial score (nSPS) is 22.1. The topological polar surface area (TPSA) is 110 Å². The van der Waals surface area contributed by atoms with E-state index >= 15 is 0 Å². The first kappa shape index (κ1) is 27.9. The van der Waals surface area contributed by atoms with Gasteiger partial charge in [-0.3, -0.25) is 0 Å². The quantitative estimate of drug-likeness (QED) is 0.298. The number of aliphatic carboxylic acids is 1. The molecular weight excluding hydrogens is 554 g/mol. The molecule has 2 aromatic heterocycles. The number of hydrogen-bond donors (Lipinski definition) is 3. The summed E-state index contributed by atoms with van der Waals surface area (Å²) in [6.07, 6.45) is -3.67. The second-order valence-electron chi connectivity index (χ2n) is 8.46. The molecule has 0 bridgehead atoms.